The number of para-hydroxylation sites is 3. The quantitative estimate of drug-likeness (QED) is 0.281. The molecule has 208 valence electrons. The van der Waals surface area contributed by atoms with E-state index in [2.05, 4.69) is 38.5 Å². The lowest BCUT2D eigenvalue weighted by atomic mass is 10.1. The van der Waals surface area contributed by atoms with E-state index in [1.165, 1.54) is 0 Å². The third kappa shape index (κ3) is 6.48. The van der Waals surface area contributed by atoms with Gasteiger partial charge in [-0.15, -0.1) is 0 Å². The van der Waals surface area contributed by atoms with E-state index in [4.69, 9.17) is 26.7 Å². The topological polar surface area (TPSA) is 104 Å². The van der Waals surface area contributed by atoms with Crippen LogP contribution in [-0.4, -0.2) is 75.6 Å². The Morgan fingerprint density at radius 1 is 0.975 bits per heavy atom. The van der Waals surface area contributed by atoms with Crippen LogP contribution in [0.5, 0.6) is 11.5 Å². The number of rotatable bonds is 4. The van der Waals surface area contributed by atoms with Gasteiger partial charge < -0.3 is 24.6 Å². The molecule has 40 heavy (non-hydrogen) atoms. The standard InChI is InChI=1S/C29H33N7O3S/c1-4-21-9-5-6-10-22(21)32-29(40)34-28(33-27-30-19(2)17-20(3)31-27)36-15-13-35(14-16-36)26(37)25-18-38-23-11-7-8-12-24(23)39-25/h5-12,17,25H,4,13-16,18H2,1-3H3,(H2,30,31,32,33,34,40). The number of hydrogen-bond acceptors (Lipinski definition) is 6. The van der Waals surface area contributed by atoms with Crippen molar-refractivity contribution in [3.8, 4) is 11.5 Å². The van der Waals surface area contributed by atoms with E-state index in [0.29, 0.717) is 54.7 Å². The van der Waals surface area contributed by atoms with Crippen LogP contribution < -0.4 is 20.1 Å². The van der Waals surface area contributed by atoms with Crippen molar-refractivity contribution in [3.05, 3.63) is 71.5 Å². The molecule has 1 fully saturated rings. The molecule has 0 radical (unpaired) electrons. The number of carbonyl (C=O) groups is 1. The van der Waals surface area contributed by atoms with Crippen LogP contribution in [0.25, 0.3) is 0 Å². The first-order chi connectivity index (χ1) is 19.4. The highest BCUT2D eigenvalue weighted by molar-refractivity contribution is 7.80. The number of anilines is 2. The number of fused-ring (bicyclic) bond motifs is 1. The SMILES string of the molecule is CCc1ccccc1NC(=S)/N=C(/Nc1nc(C)cc(C)n1)N1CCN(C(=O)C2COc3ccccc3O2)CC1. The predicted molar refractivity (Wildman–Crippen MR) is 159 cm³/mol. The first-order valence-corrected chi connectivity index (χ1v) is 13.8. The highest BCUT2D eigenvalue weighted by Crippen LogP contribution is 2.31. The third-order valence-corrected chi connectivity index (χ3v) is 6.92. The highest BCUT2D eigenvalue weighted by Gasteiger charge is 2.33. The Bertz CT molecular complexity index is 1400. The number of nitrogens with one attached hydrogen (secondary N) is 2. The number of benzene rings is 2. The summed E-state index contributed by atoms with van der Waals surface area (Å²) in [4.78, 5) is 30.9. The third-order valence-electron chi connectivity index (χ3n) is 6.73. The first kappa shape index (κ1) is 27.3. The minimum absolute atomic E-state index is 0.0911. The molecule has 1 aromatic heterocycles. The van der Waals surface area contributed by atoms with Crippen LogP contribution in [0.1, 0.15) is 23.9 Å². The van der Waals surface area contributed by atoms with Gasteiger partial charge in [-0.25, -0.2) is 9.97 Å². The van der Waals surface area contributed by atoms with Crippen LogP contribution in [0.3, 0.4) is 0 Å². The first-order valence-electron chi connectivity index (χ1n) is 13.4. The number of aryl methyl sites for hydroxylation is 3. The lowest BCUT2D eigenvalue weighted by molar-refractivity contribution is -0.142. The van der Waals surface area contributed by atoms with Gasteiger partial charge in [0.05, 0.1) is 0 Å². The van der Waals surface area contributed by atoms with Gasteiger partial charge in [0, 0.05) is 43.3 Å². The van der Waals surface area contributed by atoms with Crippen molar-refractivity contribution < 1.29 is 14.3 Å². The highest BCUT2D eigenvalue weighted by atomic mass is 32.1. The predicted octanol–water partition coefficient (Wildman–Crippen LogP) is 3.80. The molecule has 2 aliphatic rings. The summed E-state index contributed by atoms with van der Waals surface area (Å²) < 4.78 is 11.7. The molecular weight excluding hydrogens is 526 g/mol. The Kier molecular flexibility index (Phi) is 8.40. The van der Waals surface area contributed by atoms with Crippen LogP contribution in [0.15, 0.2) is 59.6 Å². The van der Waals surface area contributed by atoms with Gasteiger partial charge in [0.1, 0.15) is 6.61 Å². The Morgan fingerprint density at radius 3 is 2.35 bits per heavy atom. The van der Waals surface area contributed by atoms with E-state index in [9.17, 15) is 4.79 Å². The van der Waals surface area contributed by atoms with Gasteiger partial charge in [0.15, 0.2) is 11.5 Å². The number of thiocarbonyl (C=S) groups is 1. The molecule has 2 N–H and O–H groups in total. The number of carbonyl (C=O) groups excluding carboxylic acids is 1. The van der Waals surface area contributed by atoms with Gasteiger partial charge in [-0.1, -0.05) is 37.3 Å². The molecule has 5 rings (SSSR count). The molecule has 0 aliphatic carbocycles. The number of ether oxygens (including phenoxy) is 2. The van der Waals surface area contributed by atoms with Crippen molar-refractivity contribution in [2.75, 3.05) is 43.4 Å². The number of nitrogens with zero attached hydrogens (tertiary/aromatic N) is 5. The minimum atomic E-state index is -0.674. The average molecular weight is 560 g/mol. The maximum absolute atomic E-state index is 13.3. The summed E-state index contributed by atoms with van der Waals surface area (Å²) in [5.74, 6) is 2.12. The summed E-state index contributed by atoms with van der Waals surface area (Å²) >= 11 is 5.64. The molecule has 1 saturated heterocycles. The van der Waals surface area contributed by atoms with Gasteiger partial charge in [-0.3, -0.25) is 10.1 Å². The molecule has 2 aromatic carbocycles. The van der Waals surface area contributed by atoms with E-state index in [-0.39, 0.29) is 12.5 Å². The van der Waals surface area contributed by atoms with Gasteiger partial charge in [-0.2, -0.15) is 4.99 Å². The number of amides is 1. The fraction of sp³-hybridized carbons (Fsp3) is 0.345. The van der Waals surface area contributed by atoms with Gasteiger partial charge in [0.2, 0.25) is 23.1 Å². The van der Waals surface area contributed by atoms with Crippen molar-refractivity contribution in [2.45, 2.75) is 33.3 Å². The molecule has 0 saturated carbocycles. The van der Waals surface area contributed by atoms with Crippen LogP contribution in [0, 0.1) is 13.8 Å². The summed E-state index contributed by atoms with van der Waals surface area (Å²) in [6, 6.07) is 17.3. The lowest BCUT2D eigenvalue weighted by Gasteiger charge is -2.38. The van der Waals surface area contributed by atoms with Crippen LogP contribution in [-0.2, 0) is 11.2 Å². The smallest absolute Gasteiger partial charge is 0.267 e. The summed E-state index contributed by atoms with van der Waals surface area (Å²) in [5.41, 5.74) is 3.76. The second kappa shape index (κ2) is 12.3. The average Bonchev–Trinajstić information content (AvgIpc) is 2.96. The van der Waals surface area contributed by atoms with E-state index >= 15 is 0 Å². The molecule has 1 atom stereocenters. The molecule has 0 bridgehead atoms. The zero-order valence-electron chi connectivity index (χ0n) is 22.9. The molecule has 0 spiro atoms. The van der Waals surface area contributed by atoms with E-state index in [0.717, 1.165) is 29.1 Å². The zero-order chi connectivity index (χ0) is 28.1. The van der Waals surface area contributed by atoms with Crippen molar-refractivity contribution >= 4 is 40.8 Å². The van der Waals surface area contributed by atoms with E-state index < -0.39 is 6.10 Å². The molecule has 10 nitrogen and oxygen atoms in total. The van der Waals surface area contributed by atoms with E-state index in [1.54, 1.807) is 4.90 Å². The number of guanidine groups is 1. The van der Waals surface area contributed by atoms with Gasteiger partial charge >= 0.3 is 0 Å². The maximum Gasteiger partial charge on any atom is 0.267 e. The monoisotopic (exact) mass is 559 g/mol. The second-order valence-corrected chi connectivity index (χ2v) is 10.0. The van der Waals surface area contributed by atoms with Crippen molar-refractivity contribution in [3.63, 3.8) is 0 Å². The van der Waals surface area contributed by atoms with Gasteiger partial charge in [0.25, 0.3) is 5.91 Å². The number of hydrogen-bond donors (Lipinski definition) is 2. The van der Waals surface area contributed by atoms with Crippen LogP contribution in [0.2, 0.25) is 0 Å². The Hall–Kier alpha value is -4.25. The molecule has 3 aromatic rings. The lowest BCUT2D eigenvalue weighted by Crippen LogP contribution is -2.56. The molecule has 11 heteroatoms. The van der Waals surface area contributed by atoms with Crippen LogP contribution in [0.4, 0.5) is 11.6 Å². The summed E-state index contributed by atoms with van der Waals surface area (Å²) in [5, 5.41) is 6.85. The number of piperazine rings is 1. The largest absolute Gasteiger partial charge is 0.485 e. The molecule has 1 unspecified atom stereocenters. The Balaban J connectivity index is 1.29. The minimum Gasteiger partial charge on any atom is -0.485 e. The summed E-state index contributed by atoms with van der Waals surface area (Å²) in [6.45, 7) is 8.20. The zero-order valence-corrected chi connectivity index (χ0v) is 23.7. The Morgan fingerprint density at radius 2 is 1.62 bits per heavy atom. The fourth-order valence-electron chi connectivity index (χ4n) is 4.73. The summed E-state index contributed by atoms with van der Waals surface area (Å²) in [6.07, 6.45) is 0.195. The number of aromatic nitrogens is 2. The van der Waals surface area contributed by atoms with Crippen LogP contribution >= 0.6 is 12.2 Å². The second-order valence-electron chi connectivity index (χ2n) is 9.65. The summed E-state index contributed by atoms with van der Waals surface area (Å²) in [7, 11) is 0. The molecule has 1 amide bonds. The maximum atomic E-state index is 13.3. The number of aliphatic imine (C=N–C) groups is 1. The Labute approximate surface area is 239 Å². The normalized spacial score (nSPS) is 16.9. The van der Waals surface area contributed by atoms with Crippen molar-refractivity contribution in [1.29, 1.82) is 0 Å². The van der Waals surface area contributed by atoms with Crippen molar-refractivity contribution in [2.24, 2.45) is 4.99 Å². The molecule has 3 heterocycles. The van der Waals surface area contributed by atoms with E-state index in [1.807, 2.05) is 62.4 Å². The molecule has 2 aliphatic heterocycles. The van der Waals surface area contributed by atoms with Gasteiger partial charge in [-0.05, 0) is 62.3 Å². The molecular formula is C29H33N7O3S. The fourth-order valence-corrected chi connectivity index (χ4v) is 4.93. The van der Waals surface area contributed by atoms with Crippen molar-refractivity contribution in [1.82, 2.24) is 19.8 Å².